The van der Waals surface area contributed by atoms with E-state index in [1.165, 1.54) is 0 Å². The standard InChI is InChI=1S/C14H22N2O2/c1-4-7-10(3)16-12-9-6-8-11(13(12)15)14(17)18-5-2/h6,8-10,16H,4-5,7,15H2,1-3H3. The Kier molecular flexibility index (Phi) is 5.49. The molecule has 4 nitrogen and oxygen atoms in total. The quantitative estimate of drug-likeness (QED) is 0.601. The maximum atomic E-state index is 11.7. The third-order valence-corrected chi connectivity index (χ3v) is 2.73. The number of rotatable bonds is 6. The van der Waals surface area contributed by atoms with E-state index in [4.69, 9.17) is 10.5 Å². The summed E-state index contributed by atoms with van der Waals surface area (Å²) >= 11 is 0. The van der Waals surface area contributed by atoms with Gasteiger partial charge in [0.1, 0.15) is 0 Å². The smallest absolute Gasteiger partial charge is 0.340 e. The first-order valence-electron chi connectivity index (χ1n) is 6.42. The van der Waals surface area contributed by atoms with Gasteiger partial charge in [0.05, 0.1) is 23.5 Å². The summed E-state index contributed by atoms with van der Waals surface area (Å²) in [6, 6.07) is 5.70. The van der Waals surface area contributed by atoms with Crippen LogP contribution in [0.5, 0.6) is 0 Å². The zero-order valence-electron chi connectivity index (χ0n) is 11.3. The topological polar surface area (TPSA) is 64.3 Å². The van der Waals surface area contributed by atoms with Crippen LogP contribution >= 0.6 is 0 Å². The second-order valence-electron chi connectivity index (χ2n) is 4.32. The summed E-state index contributed by atoms with van der Waals surface area (Å²) in [5, 5.41) is 3.32. The minimum absolute atomic E-state index is 0.328. The predicted octanol–water partition coefficient (Wildman–Crippen LogP) is 3.05. The number of anilines is 2. The molecule has 0 aromatic heterocycles. The van der Waals surface area contributed by atoms with Crippen LogP contribution in [0.3, 0.4) is 0 Å². The Bertz CT molecular complexity index is 405. The molecule has 0 amide bonds. The van der Waals surface area contributed by atoms with Crippen molar-refractivity contribution < 1.29 is 9.53 Å². The lowest BCUT2D eigenvalue weighted by molar-refractivity contribution is 0.0527. The molecular weight excluding hydrogens is 228 g/mol. The van der Waals surface area contributed by atoms with E-state index in [1.54, 1.807) is 13.0 Å². The summed E-state index contributed by atoms with van der Waals surface area (Å²) in [5.74, 6) is -0.373. The van der Waals surface area contributed by atoms with Crippen LogP contribution in [0.4, 0.5) is 11.4 Å². The molecule has 100 valence electrons. The van der Waals surface area contributed by atoms with E-state index in [0.717, 1.165) is 18.5 Å². The highest BCUT2D eigenvalue weighted by atomic mass is 16.5. The summed E-state index contributed by atoms with van der Waals surface area (Å²) < 4.78 is 4.97. The SMILES string of the molecule is CCCC(C)Nc1cccc(C(=O)OCC)c1N. The van der Waals surface area contributed by atoms with Gasteiger partial charge in [-0.25, -0.2) is 4.79 Å². The molecule has 0 bridgehead atoms. The number of hydrogen-bond acceptors (Lipinski definition) is 4. The van der Waals surface area contributed by atoms with Crippen molar-refractivity contribution in [2.24, 2.45) is 0 Å². The number of para-hydroxylation sites is 1. The van der Waals surface area contributed by atoms with Crippen LogP contribution in [0.1, 0.15) is 44.0 Å². The Morgan fingerprint density at radius 1 is 1.44 bits per heavy atom. The molecule has 0 aliphatic rings. The fourth-order valence-corrected chi connectivity index (χ4v) is 1.85. The minimum Gasteiger partial charge on any atom is -0.462 e. The molecule has 0 spiro atoms. The molecular formula is C14H22N2O2. The number of carbonyl (C=O) groups is 1. The van der Waals surface area contributed by atoms with Crippen LogP contribution in [0.15, 0.2) is 18.2 Å². The van der Waals surface area contributed by atoms with Gasteiger partial charge < -0.3 is 15.8 Å². The maximum absolute atomic E-state index is 11.7. The fraction of sp³-hybridized carbons (Fsp3) is 0.500. The number of esters is 1. The van der Waals surface area contributed by atoms with Gasteiger partial charge in [-0.05, 0) is 32.4 Å². The zero-order valence-corrected chi connectivity index (χ0v) is 11.3. The molecule has 0 saturated carbocycles. The van der Waals surface area contributed by atoms with E-state index >= 15 is 0 Å². The highest BCUT2D eigenvalue weighted by Crippen LogP contribution is 2.24. The Morgan fingerprint density at radius 2 is 2.17 bits per heavy atom. The van der Waals surface area contributed by atoms with E-state index in [1.807, 2.05) is 12.1 Å². The summed E-state index contributed by atoms with van der Waals surface area (Å²) in [5.41, 5.74) is 7.67. The first-order valence-corrected chi connectivity index (χ1v) is 6.42. The summed E-state index contributed by atoms with van der Waals surface area (Å²) in [7, 11) is 0. The molecule has 1 rings (SSSR count). The van der Waals surface area contributed by atoms with Crippen LogP contribution in [-0.4, -0.2) is 18.6 Å². The molecule has 1 aromatic rings. The molecule has 1 unspecified atom stereocenters. The van der Waals surface area contributed by atoms with Gasteiger partial charge in [0.2, 0.25) is 0 Å². The number of carbonyl (C=O) groups excluding carboxylic acids is 1. The first kappa shape index (κ1) is 14.4. The third-order valence-electron chi connectivity index (χ3n) is 2.73. The lowest BCUT2D eigenvalue weighted by Crippen LogP contribution is -2.17. The zero-order chi connectivity index (χ0) is 13.5. The van der Waals surface area contributed by atoms with Gasteiger partial charge in [-0.15, -0.1) is 0 Å². The van der Waals surface area contributed by atoms with Gasteiger partial charge in [-0.1, -0.05) is 19.4 Å². The van der Waals surface area contributed by atoms with Gasteiger partial charge >= 0.3 is 5.97 Å². The molecule has 0 aliphatic heterocycles. The molecule has 1 atom stereocenters. The predicted molar refractivity (Wildman–Crippen MR) is 74.8 cm³/mol. The second kappa shape index (κ2) is 6.89. The number of nitrogens with one attached hydrogen (secondary N) is 1. The van der Waals surface area contributed by atoms with Crippen LogP contribution in [0, 0.1) is 0 Å². The normalized spacial score (nSPS) is 11.9. The Morgan fingerprint density at radius 3 is 2.78 bits per heavy atom. The van der Waals surface area contributed by atoms with Crippen molar-refractivity contribution in [3.8, 4) is 0 Å². The maximum Gasteiger partial charge on any atom is 0.340 e. The van der Waals surface area contributed by atoms with Crippen molar-refractivity contribution in [1.82, 2.24) is 0 Å². The van der Waals surface area contributed by atoms with E-state index < -0.39 is 0 Å². The number of nitrogens with two attached hydrogens (primary N) is 1. The Hall–Kier alpha value is -1.71. The summed E-state index contributed by atoms with van der Waals surface area (Å²) in [4.78, 5) is 11.7. The van der Waals surface area contributed by atoms with E-state index in [-0.39, 0.29) is 5.97 Å². The van der Waals surface area contributed by atoms with Crippen molar-refractivity contribution in [2.45, 2.75) is 39.7 Å². The number of ether oxygens (including phenoxy) is 1. The number of benzene rings is 1. The van der Waals surface area contributed by atoms with E-state index in [0.29, 0.717) is 23.9 Å². The average Bonchev–Trinajstić information content (AvgIpc) is 2.32. The van der Waals surface area contributed by atoms with Crippen molar-refractivity contribution in [3.63, 3.8) is 0 Å². The van der Waals surface area contributed by atoms with Crippen molar-refractivity contribution in [1.29, 1.82) is 0 Å². The first-order chi connectivity index (χ1) is 8.60. The molecule has 1 aromatic carbocycles. The van der Waals surface area contributed by atoms with Gasteiger partial charge in [0, 0.05) is 6.04 Å². The largest absolute Gasteiger partial charge is 0.462 e. The molecule has 18 heavy (non-hydrogen) atoms. The highest BCUT2D eigenvalue weighted by Gasteiger charge is 2.14. The molecule has 0 radical (unpaired) electrons. The summed E-state index contributed by atoms with van der Waals surface area (Å²) in [6.07, 6.45) is 2.16. The molecule has 0 saturated heterocycles. The lowest BCUT2D eigenvalue weighted by Gasteiger charge is -2.17. The van der Waals surface area contributed by atoms with Crippen molar-refractivity contribution >= 4 is 17.3 Å². The molecule has 0 heterocycles. The van der Waals surface area contributed by atoms with Gasteiger partial charge in [-0.3, -0.25) is 0 Å². The second-order valence-corrected chi connectivity index (χ2v) is 4.32. The molecule has 4 heteroatoms. The highest BCUT2D eigenvalue weighted by molar-refractivity contribution is 5.98. The lowest BCUT2D eigenvalue weighted by atomic mass is 10.1. The monoisotopic (exact) mass is 250 g/mol. The fourth-order valence-electron chi connectivity index (χ4n) is 1.85. The van der Waals surface area contributed by atoms with Crippen molar-refractivity contribution in [2.75, 3.05) is 17.7 Å². The third kappa shape index (κ3) is 3.65. The number of nitrogen functional groups attached to an aromatic ring is 1. The molecule has 3 N–H and O–H groups in total. The average molecular weight is 250 g/mol. The summed E-state index contributed by atoms with van der Waals surface area (Å²) in [6.45, 7) is 6.36. The minimum atomic E-state index is -0.373. The van der Waals surface area contributed by atoms with Crippen LogP contribution < -0.4 is 11.1 Å². The van der Waals surface area contributed by atoms with Crippen molar-refractivity contribution in [3.05, 3.63) is 23.8 Å². The van der Waals surface area contributed by atoms with E-state index in [9.17, 15) is 4.79 Å². The Balaban J connectivity index is 2.88. The van der Waals surface area contributed by atoms with Gasteiger partial charge in [-0.2, -0.15) is 0 Å². The van der Waals surface area contributed by atoms with Gasteiger partial charge in [0.25, 0.3) is 0 Å². The van der Waals surface area contributed by atoms with Crippen LogP contribution in [0.2, 0.25) is 0 Å². The number of hydrogen-bond donors (Lipinski definition) is 2. The molecule has 0 aliphatic carbocycles. The van der Waals surface area contributed by atoms with Gasteiger partial charge in [0.15, 0.2) is 0 Å². The molecule has 0 fully saturated rings. The Labute approximate surface area is 109 Å². The van der Waals surface area contributed by atoms with E-state index in [2.05, 4.69) is 19.2 Å². The van der Waals surface area contributed by atoms with Crippen LogP contribution in [0.25, 0.3) is 0 Å². The van der Waals surface area contributed by atoms with Crippen LogP contribution in [-0.2, 0) is 4.74 Å².